The number of methoxy groups -OCH3 is 2. The van der Waals surface area contributed by atoms with Crippen molar-refractivity contribution in [2.75, 3.05) is 20.1 Å². The van der Waals surface area contributed by atoms with E-state index in [1.807, 2.05) is 6.08 Å². The zero-order valence-corrected chi connectivity index (χ0v) is 10.8. The molecular weight excluding hydrogens is 212 g/mol. The van der Waals surface area contributed by atoms with Gasteiger partial charge in [0.25, 0.3) is 0 Å². The first-order chi connectivity index (χ1) is 7.13. The minimum atomic E-state index is -0.287. The van der Waals surface area contributed by atoms with Crippen molar-refractivity contribution in [3.05, 3.63) is 23.3 Å². The topological polar surface area (TPSA) is 18.5 Å². The molecular formula is C12H21ClO2. The molecule has 0 saturated heterocycles. The van der Waals surface area contributed by atoms with Crippen LogP contribution in [0.1, 0.15) is 26.7 Å². The number of hydrogen-bond acceptors (Lipinski definition) is 2. The molecule has 0 aromatic carbocycles. The maximum absolute atomic E-state index is 5.84. The van der Waals surface area contributed by atoms with Gasteiger partial charge < -0.3 is 9.47 Å². The molecule has 3 heteroatoms. The van der Waals surface area contributed by atoms with Crippen LogP contribution < -0.4 is 0 Å². The molecule has 0 unspecified atom stereocenters. The highest BCUT2D eigenvalue weighted by Crippen LogP contribution is 2.11. The van der Waals surface area contributed by atoms with Crippen LogP contribution in [0.25, 0.3) is 0 Å². The van der Waals surface area contributed by atoms with Crippen LogP contribution in [0, 0.1) is 0 Å². The molecule has 0 atom stereocenters. The normalized spacial score (nSPS) is 12.0. The zero-order chi connectivity index (χ0) is 11.7. The lowest BCUT2D eigenvalue weighted by Gasteiger charge is -2.10. The summed E-state index contributed by atoms with van der Waals surface area (Å²) < 4.78 is 10.2. The molecule has 0 spiro atoms. The van der Waals surface area contributed by atoms with Gasteiger partial charge in [-0.15, -0.1) is 11.6 Å². The first-order valence-electron chi connectivity index (χ1n) is 5.08. The summed E-state index contributed by atoms with van der Waals surface area (Å²) in [5.41, 5.74) is 2.49. The third-order valence-electron chi connectivity index (χ3n) is 2.03. The van der Waals surface area contributed by atoms with Gasteiger partial charge in [-0.05, 0) is 32.8 Å². The van der Waals surface area contributed by atoms with E-state index in [2.05, 4.69) is 19.9 Å². The second kappa shape index (κ2) is 8.96. The van der Waals surface area contributed by atoms with Crippen LogP contribution >= 0.6 is 11.6 Å². The van der Waals surface area contributed by atoms with Crippen LogP contribution in [0.4, 0.5) is 0 Å². The van der Waals surface area contributed by atoms with E-state index >= 15 is 0 Å². The Morgan fingerprint density at radius 2 is 1.87 bits per heavy atom. The van der Waals surface area contributed by atoms with Gasteiger partial charge in [0.1, 0.15) is 0 Å². The monoisotopic (exact) mass is 232 g/mol. The van der Waals surface area contributed by atoms with Crippen molar-refractivity contribution >= 4 is 11.6 Å². The van der Waals surface area contributed by atoms with Crippen molar-refractivity contribution in [2.24, 2.45) is 0 Å². The Bertz CT molecular complexity index is 214. The number of halogens is 1. The number of ether oxygens (including phenoxy) is 2. The molecule has 0 saturated carbocycles. The van der Waals surface area contributed by atoms with Gasteiger partial charge in [0.15, 0.2) is 6.29 Å². The van der Waals surface area contributed by atoms with Crippen molar-refractivity contribution in [1.29, 1.82) is 0 Å². The molecule has 0 aliphatic carbocycles. The smallest absolute Gasteiger partial charge is 0.176 e. The third kappa shape index (κ3) is 7.60. The lowest BCUT2D eigenvalue weighted by molar-refractivity contribution is -0.0671. The summed E-state index contributed by atoms with van der Waals surface area (Å²) in [7, 11) is 3.24. The van der Waals surface area contributed by atoms with Gasteiger partial charge in [-0.1, -0.05) is 17.2 Å². The van der Waals surface area contributed by atoms with Gasteiger partial charge in [-0.3, -0.25) is 0 Å². The van der Waals surface area contributed by atoms with Crippen molar-refractivity contribution in [2.45, 2.75) is 33.0 Å². The molecule has 2 nitrogen and oxygen atoms in total. The van der Waals surface area contributed by atoms with Crippen LogP contribution in [0.3, 0.4) is 0 Å². The molecule has 0 amide bonds. The fourth-order valence-electron chi connectivity index (χ4n) is 1.17. The maximum Gasteiger partial charge on any atom is 0.176 e. The highest BCUT2D eigenvalue weighted by atomic mass is 35.5. The lowest BCUT2D eigenvalue weighted by Crippen LogP contribution is -2.10. The molecule has 0 aromatic rings. The molecule has 0 N–H and O–H groups in total. The molecule has 0 heterocycles. The van der Waals surface area contributed by atoms with Crippen LogP contribution in [0.2, 0.25) is 0 Å². The minimum Gasteiger partial charge on any atom is -0.352 e. The predicted octanol–water partition coefficient (Wildman–Crippen LogP) is 3.52. The van der Waals surface area contributed by atoms with E-state index in [1.165, 1.54) is 5.57 Å². The summed E-state index contributed by atoms with van der Waals surface area (Å²) in [4.78, 5) is 0. The minimum absolute atomic E-state index is 0.287. The lowest BCUT2D eigenvalue weighted by atomic mass is 10.1. The van der Waals surface area contributed by atoms with Crippen molar-refractivity contribution < 1.29 is 9.47 Å². The summed E-state index contributed by atoms with van der Waals surface area (Å²) in [6, 6.07) is 0. The molecule has 15 heavy (non-hydrogen) atoms. The Morgan fingerprint density at radius 3 is 2.27 bits per heavy atom. The van der Waals surface area contributed by atoms with Gasteiger partial charge in [-0.2, -0.15) is 0 Å². The Balaban J connectivity index is 4.16. The molecule has 0 aliphatic rings. The second-order valence-corrected chi connectivity index (χ2v) is 3.89. The van der Waals surface area contributed by atoms with E-state index in [-0.39, 0.29) is 6.29 Å². The van der Waals surface area contributed by atoms with E-state index < -0.39 is 0 Å². The first kappa shape index (κ1) is 14.7. The SMILES string of the molecule is COC(C=C(CCl)CCC=C(C)C)OC. The molecule has 88 valence electrons. The highest BCUT2D eigenvalue weighted by molar-refractivity contribution is 6.19. The van der Waals surface area contributed by atoms with Crippen molar-refractivity contribution in [3.63, 3.8) is 0 Å². The van der Waals surface area contributed by atoms with Gasteiger partial charge in [0.2, 0.25) is 0 Å². The summed E-state index contributed by atoms with van der Waals surface area (Å²) >= 11 is 5.84. The largest absolute Gasteiger partial charge is 0.352 e. The predicted molar refractivity (Wildman–Crippen MR) is 65.3 cm³/mol. The summed E-state index contributed by atoms with van der Waals surface area (Å²) in [5.74, 6) is 0.528. The average molecular weight is 233 g/mol. The third-order valence-corrected chi connectivity index (χ3v) is 2.37. The summed E-state index contributed by atoms with van der Waals surface area (Å²) in [6.07, 6.45) is 5.82. The highest BCUT2D eigenvalue weighted by Gasteiger charge is 2.03. The fraction of sp³-hybridized carbons (Fsp3) is 0.667. The Hall–Kier alpha value is -0.310. The van der Waals surface area contributed by atoms with Crippen molar-refractivity contribution in [3.8, 4) is 0 Å². The van der Waals surface area contributed by atoms with Crippen LogP contribution in [-0.4, -0.2) is 26.4 Å². The molecule has 0 rings (SSSR count). The Kier molecular flexibility index (Phi) is 8.77. The quantitative estimate of drug-likeness (QED) is 0.380. The van der Waals surface area contributed by atoms with E-state index in [9.17, 15) is 0 Å². The van der Waals surface area contributed by atoms with E-state index in [0.717, 1.165) is 18.4 Å². The standard InChI is InChI=1S/C12H21ClO2/c1-10(2)6-5-7-11(9-13)8-12(14-3)15-4/h6,8,12H,5,7,9H2,1-4H3. The van der Waals surface area contributed by atoms with E-state index in [1.54, 1.807) is 14.2 Å². The summed E-state index contributed by atoms with van der Waals surface area (Å²) in [6.45, 7) is 4.19. The van der Waals surface area contributed by atoms with Gasteiger partial charge in [0.05, 0.1) is 0 Å². The maximum atomic E-state index is 5.84. The molecule has 0 fully saturated rings. The first-order valence-corrected chi connectivity index (χ1v) is 5.62. The number of allylic oxidation sites excluding steroid dienone is 3. The molecule has 0 radical (unpaired) electrons. The van der Waals surface area contributed by atoms with E-state index in [4.69, 9.17) is 21.1 Å². The Labute approximate surface area is 97.9 Å². The van der Waals surface area contributed by atoms with Crippen LogP contribution in [-0.2, 0) is 9.47 Å². The van der Waals surface area contributed by atoms with Crippen molar-refractivity contribution in [1.82, 2.24) is 0 Å². The molecule has 0 bridgehead atoms. The van der Waals surface area contributed by atoms with Gasteiger partial charge >= 0.3 is 0 Å². The number of alkyl halides is 1. The average Bonchev–Trinajstić information content (AvgIpc) is 2.22. The molecule has 0 aliphatic heterocycles. The van der Waals surface area contributed by atoms with Gasteiger partial charge in [-0.25, -0.2) is 0 Å². The fourth-order valence-corrected chi connectivity index (χ4v) is 1.39. The number of rotatable bonds is 7. The van der Waals surface area contributed by atoms with Crippen LogP contribution in [0.15, 0.2) is 23.3 Å². The zero-order valence-electron chi connectivity index (χ0n) is 10.0. The van der Waals surface area contributed by atoms with Crippen LogP contribution in [0.5, 0.6) is 0 Å². The summed E-state index contributed by atoms with van der Waals surface area (Å²) in [5, 5.41) is 0. The van der Waals surface area contributed by atoms with Gasteiger partial charge in [0, 0.05) is 20.1 Å². The Morgan fingerprint density at radius 1 is 1.27 bits per heavy atom. The second-order valence-electron chi connectivity index (χ2n) is 3.62. The molecule has 0 aromatic heterocycles. The number of hydrogen-bond donors (Lipinski definition) is 0. The van der Waals surface area contributed by atoms with E-state index in [0.29, 0.717) is 5.88 Å².